The molecule has 0 spiro atoms. The number of alkyl halides is 3. The van der Waals surface area contributed by atoms with Crippen molar-refractivity contribution in [3.8, 4) is 5.69 Å². The first-order valence-corrected chi connectivity index (χ1v) is 6.59. The summed E-state index contributed by atoms with van der Waals surface area (Å²) in [6.07, 6.45) is -1.72. The molecule has 3 N–H and O–H groups in total. The number of amides is 1. The van der Waals surface area contributed by atoms with E-state index in [-0.39, 0.29) is 24.7 Å². The van der Waals surface area contributed by atoms with Gasteiger partial charge in [-0.25, -0.2) is 4.68 Å². The number of benzene rings is 1. The van der Waals surface area contributed by atoms with Crippen LogP contribution in [0.5, 0.6) is 0 Å². The van der Waals surface area contributed by atoms with Crippen LogP contribution in [0.15, 0.2) is 36.7 Å². The predicted molar refractivity (Wildman–Crippen MR) is 84.3 cm³/mol. The first-order chi connectivity index (χ1) is 10.8. The Hall–Kier alpha value is -2.10. The number of halogens is 4. The second-order valence-electron chi connectivity index (χ2n) is 4.77. The minimum absolute atomic E-state index is 0. The molecule has 132 valence electrons. The molecule has 6 nitrogen and oxygen atoms in total. The maximum Gasteiger partial charge on any atom is 0.416 e. The summed E-state index contributed by atoms with van der Waals surface area (Å²) in [5.74, 6) is -0.476. The lowest BCUT2D eigenvalue weighted by molar-refractivity contribution is -0.137. The van der Waals surface area contributed by atoms with Crippen molar-refractivity contribution in [1.29, 1.82) is 0 Å². The number of hydrogen-bond donors (Lipinski definition) is 2. The third-order valence-electron chi connectivity index (χ3n) is 2.97. The second-order valence-corrected chi connectivity index (χ2v) is 4.77. The Bertz CT molecular complexity index is 691. The van der Waals surface area contributed by atoms with Gasteiger partial charge in [-0.15, -0.1) is 12.4 Å². The van der Waals surface area contributed by atoms with Gasteiger partial charge in [-0.1, -0.05) is 6.07 Å². The molecule has 1 aromatic heterocycles. The molecular formula is C14H16ClF3N4O2. The maximum absolute atomic E-state index is 12.7. The van der Waals surface area contributed by atoms with Gasteiger partial charge in [0.2, 0.25) is 5.91 Å². The van der Waals surface area contributed by atoms with Gasteiger partial charge in [0, 0.05) is 7.11 Å². The normalized spacial score (nSPS) is 12.4. The smallest absolute Gasteiger partial charge is 0.383 e. The fraction of sp³-hybridized carbons (Fsp3) is 0.286. The van der Waals surface area contributed by atoms with Crippen molar-refractivity contribution in [2.24, 2.45) is 5.73 Å². The number of ether oxygens (including phenoxy) is 1. The molecule has 1 heterocycles. The summed E-state index contributed by atoms with van der Waals surface area (Å²) in [5, 5.41) is 6.44. The van der Waals surface area contributed by atoms with Gasteiger partial charge in [0.05, 0.1) is 35.9 Å². The molecule has 0 fully saturated rings. The topological polar surface area (TPSA) is 82.2 Å². The highest BCUT2D eigenvalue weighted by atomic mass is 35.5. The van der Waals surface area contributed by atoms with Gasteiger partial charge in [-0.2, -0.15) is 18.3 Å². The Kier molecular flexibility index (Phi) is 6.76. The van der Waals surface area contributed by atoms with Gasteiger partial charge in [0.15, 0.2) is 0 Å². The fourth-order valence-electron chi connectivity index (χ4n) is 1.84. The molecule has 0 bridgehead atoms. The number of nitrogens with two attached hydrogens (primary N) is 1. The second kappa shape index (κ2) is 8.13. The molecule has 24 heavy (non-hydrogen) atoms. The lowest BCUT2D eigenvalue weighted by Crippen LogP contribution is -2.39. The zero-order valence-electron chi connectivity index (χ0n) is 12.6. The number of anilines is 1. The molecule has 1 unspecified atom stereocenters. The Morgan fingerprint density at radius 3 is 2.79 bits per heavy atom. The van der Waals surface area contributed by atoms with Gasteiger partial charge in [-0.05, 0) is 18.2 Å². The van der Waals surface area contributed by atoms with Crippen molar-refractivity contribution in [3.63, 3.8) is 0 Å². The highest BCUT2D eigenvalue weighted by molar-refractivity contribution is 5.94. The summed E-state index contributed by atoms with van der Waals surface area (Å²) in [7, 11) is 1.42. The molecule has 0 aliphatic rings. The van der Waals surface area contributed by atoms with E-state index in [0.717, 1.165) is 12.1 Å². The molecule has 0 saturated carbocycles. The Morgan fingerprint density at radius 1 is 1.46 bits per heavy atom. The number of aromatic nitrogens is 2. The Morgan fingerprint density at radius 2 is 2.17 bits per heavy atom. The summed E-state index contributed by atoms with van der Waals surface area (Å²) < 4.78 is 44.1. The third-order valence-corrected chi connectivity index (χ3v) is 2.97. The van der Waals surface area contributed by atoms with Gasteiger partial charge in [-0.3, -0.25) is 4.79 Å². The van der Waals surface area contributed by atoms with E-state index in [0.29, 0.717) is 5.69 Å². The van der Waals surface area contributed by atoms with E-state index in [2.05, 4.69) is 10.4 Å². The van der Waals surface area contributed by atoms with Crippen molar-refractivity contribution in [2.75, 3.05) is 19.0 Å². The van der Waals surface area contributed by atoms with Gasteiger partial charge in [0.25, 0.3) is 0 Å². The summed E-state index contributed by atoms with van der Waals surface area (Å²) in [6.45, 7) is 0.0492. The molecule has 1 aromatic carbocycles. The van der Waals surface area contributed by atoms with E-state index in [1.165, 1.54) is 36.3 Å². The van der Waals surface area contributed by atoms with Crippen LogP contribution in [0.4, 0.5) is 18.9 Å². The van der Waals surface area contributed by atoms with Crippen LogP contribution in [0.25, 0.3) is 5.69 Å². The fourth-order valence-corrected chi connectivity index (χ4v) is 1.84. The van der Waals surface area contributed by atoms with Crippen LogP contribution in [0.3, 0.4) is 0 Å². The molecule has 0 radical (unpaired) electrons. The molecule has 2 rings (SSSR count). The van der Waals surface area contributed by atoms with Gasteiger partial charge < -0.3 is 15.8 Å². The highest BCUT2D eigenvalue weighted by Gasteiger charge is 2.30. The first kappa shape index (κ1) is 19.9. The van der Waals surface area contributed by atoms with E-state index in [4.69, 9.17) is 10.5 Å². The van der Waals surface area contributed by atoms with Crippen LogP contribution >= 0.6 is 12.4 Å². The minimum atomic E-state index is -4.44. The number of hydrogen-bond acceptors (Lipinski definition) is 4. The number of carbonyl (C=O) groups excluding carboxylic acids is 1. The number of nitrogens with zero attached hydrogens (tertiary/aromatic N) is 2. The summed E-state index contributed by atoms with van der Waals surface area (Å²) >= 11 is 0. The molecule has 1 atom stereocenters. The first-order valence-electron chi connectivity index (χ1n) is 6.59. The van der Waals surface area contributed by atoms with Crippen molar-refractivity contribution in [3.05, 3.63) is 42.2 Å². The van der Waals surface area contributed by atoms with Gasteiger partial charge >= 0.3 is 6.18 Å². The standard InChI is InChI=1S/C14H15F3N4O2.ClH/c1-23-8-12(18)13(22)20-10-6-19-21(7-10)11-4-2-3-9(5-11)14(15,16)17;/h2-7,12H,8,18H2,1H3,(H,20,22);1H. The van der Waals surface area contributed by atoms with E-state index >= 15 is 0 Å². The van der Waals surface area contributed by atoms with Crippen molar-refractivity contribution in [1.82, 2.24) is 9.78 Å². The molecule has 1 amide bonds. The van der Waals surface area contributed by atoms with E-state index in [1.807, 2.05) is 0 Å². The number of rotatable bonds is 5. The predicted octanol–water partition coefficient (Wildman–Crippen LogP) is 2.23. The van der Waals surface area contributed by atoms with Crippen LogP contribution in [0.2, 0.25) is 0 Å². The van der Waals surface area contributed by atoms with E-state index < -0.39 is 23.7 Å². The Labute approximate surface area is 142 Å². The van der Waals surface area contributed by atoms with Crippen LogP contribution in [0.1, 0.15) is 5.56 Å². The van der Waals surface area contributed by atoms with Crippen LogP contribution < -0.4 is 11.1 Å². The quantitative estimate of drug-likeness (QED) is 0.852. The van der Waals surface area contributed by atoms with Crippen molar-refractivity contribution in [2.45, 2.75) is 12.2 Å². The number of methoxy groups -OCH3 is 1. The monoisotopic (exact) mass is 364 g/mol. The molecule has 2 aromatic rings. The molecule has 10 heteroatoms. The lowest BCUT2D eigenvalue weighted by atomic mass is 10.2. The average Bonchev–Trinajstić information content (AvgIpc) is 2.95. The SMILES string of the molecule is COCC(N)C(=O)Nc1cnn(-c2cccc(C(F)(F)F)c2)c1.Cl. The molecule has 0 aliphatic heterocycles. The average molecular weight is 365 g/mol. The lowest BCUT2D eigenvalue weighted by Gasteiger charge is -2.10. The molecule has 0 saturated heterocycles. The summed E-state index contributed by atoms with van der Waals surface area (Å²) in [4.78, 5) is 11.7. The molecule has 0 aliphatic carbocycles. The van der Waals surface area contributed by atoms with Crippen molar-refractivity contribution < 1.29 is 22.7 Å². The number of nitrogens with one attached hydrogen (secondary N) is 1. The zero-order valence-corrected chi connectivity index (χ0v) is 13.4. The maximum atomic E-state index is 12.7. The van der Waals surface area contributed by atoms with Crippen LogP contribution in [0, 0.1) is 0 Å². The van der Waals surface area contributed by atoms with E-state index in [1.54, 1.807) is 0 Å². The summed E-state index contributed by atoms with van der Waals surface area (Å²) in [5.41, 5.74) is 5.33. The van der Waals surface area contributed by atoms with Crippen molar-refractivity contribution >= 4 is 24.0 Å². The largest absolute Gasteiger partial charge is 0.416 e. The Balaban J connectivity index is 0.00000288. The summed E-state index contributed by atoms with van der Waals surface area (Å²) in [6, 6.07) is 3.85. The minimum Gasteiger partial charge on any atom is -0.383 e. The zero-order chi connectivity index (χ0) is 17.0. The highest BCUT2D eigenvalue weighted by Crippen LogP contribution is 2.30. The van der Waals surface area contributed by atoms with E-state index in [9.17, 15) is 18.0 Å². The number of carbonyl (C=O) groups is 1. The van der Waals surface area contributed by atoms with Gasteiger partial charge in [0.1, 0.15) is 6.04 Å². The third kappa shape index (κ3) is 4.95. The van der Waals surface area contributed by atoms with Crippen LogP contribution in [-0.2, 0) is 15.7 Å². The van der Waals surface area contributed by atoms with Crippen LogP contribution in [-0.4, -0.2) is 35.4 Å². The molecular weight excluding hydrogens is 349 g/mol.